The van der Waals surface area contributed by atoms with Crippen molar-refractivity contribution in [2.24, 2.45) is 0 Å². The Morgan fingerprint density at radius 2 is 1.24 bits per heavy atom. The van der Waals surface area contributed by atoms with E-state index in [4.69, 9.17) is 18.9 Å². The zero-order valence-corrected chi connectivity index (χ0v) is 15.6. The second-order valence-electron chi connectivity index (χ2n) is 6.23. The molecule has 0 aromatic heterocycles. The molecule has 0 radical (unpaired) electrons. The van der Waals surface area contributed by atoms with Gasteiger partial charge in [-0.05, 0) is 26.2 Å². The van der Waals surface area contributed by atoms with Crippen molar-refractivity contribution in [1.82, 2.24) is 0 Å². The third-order valence-electron chi connectivity index (χ3n) is 3.86. The van der Waals surface area contributed by atoms with Gasteiger partial charge < -0.3 is 18.9 Å². The molecule has 1 saturated heterocycles. The monoisotopic (exact) mass is 358 g/mol. The first-order valence-electron chi connectivity index (χ1n) is 9.12. The van der Waals surface area contributed by atoms with Crippen molar-refractivity contribution in [3.8, 4) is 0 Å². The SMILES string of the molecule is CCCC(=O)O[C@@H]1[C@H](OC(=O)CCC)COC(C)[C@@H]1OC(=O)CCC. The lowest BCUT2D eigenvalue weighted by atomic mass is 10.00. The highest BCUT2D eigenvalue weighted by atomic mass is 16.6. The number of carbonyl (C=O) groups is 3. The molecule has 1 fully saturated rings. The van der Waals surface area contributed by atoms with Crippen molar-refractivity contribution in [3.05, 3.63) is 0 Å². The van der Waals surface area contributed by atoms with Crippen LogP contribution >= 0.6 is 0 Å². The quantitative estimate of drug-likeness (QED) is 0.462. The molecule has 0 aromatic rings. The second kappa shape index (κ2) is 11.1. The highest BCUT2D eigenvalue weighted by Crippen LogP contribution is 2.25. The fraction of sp³-hybridized carbons (Fsp3) is 0.833. The molecule has 0 N–H and O–H groups in total. The molecule has 0 bridgehead atoms. The Hall–Kier alpha value is -1.63. The van der Waals surface area contributed by atoms with Gasteiger partial charge in [0.25, 0.3) is 0 Å². The maximum Gasteiger partial charge on any atom is 0.306 e. The molecule has 0 aromatic carbocycles. The van der Waals surface area contributed by atoms with E-state index in [2.05, 4.69) is 0 Å². The summed E-state index contributed by atoms with van der Waals surface area (Å²) in [5, 5.41) is 0. The smallest absolute Gasteiger partial charge is 0.306 e. The lowest BCUT2D eigenvalue weighted by Gasteiger charge is -2.39. The Labute approximate surface area is 149 Å². The van der Waals surface area contributed by atoms with E-state index in [0.717, 1.165) is 0 Å². The molecular formula is C18H30O7. The molecule has 1 aliphatic rings. The van der Waals surface area contributed by atoms with Gasteiger partial charge in [-0.3, -0.25) is 14.4 Å². The average Bonchev–Trinajstić information content (AvgIpc) is 2.54. The Balaban J connectivity index is 2.91. The number of esters is 3. The Bertz CT molecular complexity index is 449. The Morgan fingerprint density at radius 3 is 1.72 bits per heavy atom. The van der Waals surface area contributed by atoms with Crippen molar-refractivity contribution in [2.75, 3.05) is 6.61 Å². The average molecular weight is 358 g/mol. The van der Waals surface area contributed by atoms with Crippen LogP contribution in [0.25, 0.3) is 0 Å². The first-order valence-corrected chi connectivity index (χ1v) is 9.12. The van der Waals surface area contributed by atoms with Gasteiger partial charge in [-0.25, -0.2) is 0 Å². The van der Waals surface area contributed by atoms with Crippen LogP contribution in [0.3, 0.4) is 0 Å². The largest absolute Gasteiger partial charge is 0.456 e. The molecule has 1 rings (SSSR count). The zero-order chi connectivity index (χ0) is 18.8. The highest BCUT2D eigenvalue weighted by Gasteiger charge is 2.45. The first-order chi connectivity index (χ1) is 11.9. The van der Waals surface area contributed by atoms with Crippen LogP contribution in [0.15, 0.2) is 0 Å². The number of hydrogen-bond acceptors (Lipinski definition) is 7. The van der Waals surface area contributed by atoms with Crippen LogP contribution in [0.5, 0.6) is 0 Å². The Morgan fingerprint density at radius 1 is 0.800 bits per heavy atom. The van der Waals surface area contributed by atoms with Gasteiger partial charge in [0.1, 0.15) is 0 Å². The minimum atomic E-state index is -0.857. The normalized spacial score (nSPS) is 25.9. The van der Waals surface area contributed by atoms with E-state index in [1.54, 1.807) is 6.92 Å². The summed E-state index contributed by atoms with van der Waals surface area (Å²) in [7, 11) is 0. The third-order valence-corrected chi connectivity index (χ3v) is 3.86. The van der Waals surface area contributed by atoms with Gasteiger partial charge in [0, 0.05) is 19.3 Å². The van der Waals surface area contributed by atoms with Crippen molar-refractivity contribution in [3.63, 3.8) is 0 Å². The Kier molecular flexibility index (Phi) is 9.49. The molecule has 0 amide bonds. The molecule has 1 heterocycles. The molecule has 7 nitrogen and oxygen atoms in total. The highest BCUT2D eigenvalue weighted by molar-refractivity contribution is 5.71. The molecule has 0 spiro atoms. The fourth-order valence-corrected chi connectivity index (χ4v) is 2.58. The molecule has 25 heavy (non-hydrogen) atoms. The summed E-state index contributed by atoms with van der Waals surface area (Å²) in [6.07, 6.45) is -0.182. The van der Waals surface area contributed by atoms with Gasteiger partial charge in [-0.2, -0.15) is 0 Å². The second-order valence-corrected chi connectivity index (χ2v) is 6.23. The van der Waals surface area contributed by atoms with E-state index in [1.165, 1.54) is 0 Å². The zero-order valence-electron chi connectivity index (χ0n) is 15.6. The topological polar surface area (TPSA) is 88.1 Å². The number of ether oxygens (including phenoxy) is 4. The molecule has 0 saturated carbocycles. The van der Waals surface area contributed by atoms with Crippen molar-refractivity contribution in [2.45, 2.75) is 90.6 Å². The van der Waals surface area contributed by atoms with E-state index in [-0.39, 0.29) is 37.8 Å². The summed E-state index contributed by atoms with van der Waals surface area (Å²) in [4.78, 5) is 35.8. The number of hydrogen-bond donors (Lipinski definition) is 0. The van der Waals surface area contributed by atoms with Gasteiger partial charge >= 0.3 is 17.9 Å². The van der Waals surface area contributed by atoms with Gasteiger partial charge in [0.05, 0.1) is 12.7 Å². The van der Waals surface area contributed by atoms with Crippen LogP contribution in [0.2, 0.25) is 0 Å². The molecule has 1 aliphatic heterocycles. The van der Waals surface area contributed by atoms with Crippen LogP contribution in [0.1, 0.15) is 66.2 Å². The number of rotatable bonds is 9. The maximum absolute atomic E-state index is 12.0. The van der Waals surface area contributed by atoms with Crippen LogP contribution < -0.4 is 0 Å². The lowest BCUT2D eigenvalue weighted by Crippen LogP contribution is -2.56. The summed E-state index contributed by atoms with van der Waals surface area (Å²) in [6.45, 7) is 7.45. The van der Waals surface area contributed by atoms with Gasteiger partial charge in [0.15, 0.2) is 18.3 Å². The first kappa shape index (κ1) is 21.4. The lowest BCUT2D eigenvalue weighted by molar-refractivity contribution is -0.225. The van der Waals surface area contributed by atoms with Crippen LogP contribution in [0, 0.1) is 0 Å². The fourth-order valence-electron chi connectivity index (χ4n) is 2.58. The van der Waals surface area contributed by atoms with E-state index in [1.807, 2.05) is 20.8 Å². The summed E-state index contributed by atoms with van der Waals surface area (Å²) in [5.74, 6) is -1.18. The maximum atomic E-state index is 12.0. The van der Waals surface area contributed by atoms with Gasteiger partial charge in [0.2, 0.25) is 0 Å². The molecule has 1 unspecified atom stereocenters. The third kappa shape index (κ3) is 7.02. The summed E-state index contributed by atoms with van der Waals surface area (Å²) >= 11 is 0. The molecule has 144 valence electrons. The van der Waals surface area contributed by atoms with Crippen LogP contribution in [0.4, 0.5) is 0 Å². The number of carbonyl (C=O) groups excluding carboxylic acids is 3. The molecule has 4 atom stereocenters. The van der Waals surface area contributed by atoms with E-state index in [9.17, 15) is 14.4 Å². The minimum absolute atomic E-state index is 0.0997. The van der Waals surface area contributed by atoms with Gasteiger partial charge in [-0.1, -0.05) is 20.8 Å². The molecular weight excluding hydrogens is 328 g/mol. The van der Waals surface area contributed by atoms with Crippen molar-refractivity contribution in [1.29, 1.82) is 0 Å². The summed E-state index contributed by atoms with van der Waals surface area (Å²) < 4.78 is 22.0. The summed E-state index contributed by atoms with van der Waals surface area (Å²) in [5.41, 5.74) is 0. The van der Waals surface area contributed by atoms with Crippen molar-refractivity contribution < 1.29 is 33.3 Å². The van der Waals surface area contributed by atoms with E-state index < -0.39 is 30.4 Å². The summed E-state index contributed by atoms with van der Waals surface area (Å²) in [6, 6.07) is 0. The van der Waals surface area contributed by atoms with E-state index >= 15 is 0 Å². The predicted octanol–water partition coefficient (Wildman–Crippen LogP) is 2.54. The van der Waals surface area contributed by atoms with E-state index in [0.29, 0.717) is 19.3 Å². The molecule has 7 heteroatoms. The van der Waals surface area contributed by atoms with Crippen LogP contribution in [-0.2, 0) is 33.3 Å². The minimum Gasteiger partial charge on any atom is -0.456 e. The van der Waals surface area contributed by atoms with Crippen LogP contribution in [-0.4, -0.2) is 48.9 Å². The van der Waals surface area contributed by atoms with Crippen molar-refractivity contribution >= 4 is 17.9 Å². The predicted molar refractivity (Wildman–Crippen MR) is 89.8 cm³/mol. The standard InChI is InChI=1S/C18H30O7/c1-5-8-14(19)23-13-11-22-12(4)17(24-15(20)9-6-2)18(13)25-16(21)10-7-3/h12-13,17-18H,5-11H2,1-4H3/t12?,13-,17+,18-/m1/s1. The van der Waals surface area contributed by atoms with Gasteiger partial charge in [-0.15, -0.1) is 0 Å². The molecule has 0 aliphatic carbocycles.